The van der Waals surface area contributed by atoms with E-state index in [-0.39, 0.29) is 24.8 Å². The monoisotopic (exact) mass is 421 g/mol. The Morgan fingerprint density at radius 3 is 2.74 bits per heavy atom. The van der Waals surface area contributed by atoms with E-state index >= 15 is 0 Å². The van der Waals surface area contributed by atoms with Gasteiger partial charge in [0.15, 0.2) is 11.5 Å². The molecule has 0 atom stereocenters. The summed E-state index contributed by atoms with van der Waals surface area (Å²) in [7, 11) is 1.57. The molecule has 0 bridgehead atoms. The molecule has 160 valence electrons. The molecule has 0 aliphatic heterocycles. The standard InChI is InChI=1S/C23H23N3O5/c1-16-5-8-19(20(14-16)29-2)31-23-10-6-17(15-25-23)26-22(28)11-12-24-21(27)9-7-18-4-3-13-30-18/h3-10,13-15H,11-12H2,1-2H3,(H,24,27)(H,26,28)/b9-7+. The summed E-state index contributed by atoms with van der Waals surface area (Å²) in [4.78, 5) is 28.0. The van der Waals surface area contributed by atoms with E-state index in [2.05, 4.69) is 15.6 Å². The Labute approximate surface area is 179 Å². The van der Waals surface area contributed by atoms with E-state index in [4.69, 9.17) is 13.9 Å². The predicted octanol–water partition coefficient (Wildman–Crippen LogP) is 3.94. The lowest BCUT2D eigenvalue weighted by molar-refractivity contribution is -0.117. The van der Waals surface area contributed by atoms with Crippen LogP contribution in [0.5, 0.6) is 17.4 Å². The van der Waals surface area contributed by atoms with Gasteiger partial charge in [-0.3, -0.25) is 9.59 Å². The number of rotatable bonds is 9. The van der Waals surface area contributed by atoms with Gasteiger partial charge in [-0.05, 0) is 48.9 Å². The van der Waals surface area contributed by atoms with Crippen molar-refractivity contribution < 1.29 is 23.5 Å². The van der Waals surface area contributed by atoms with Gasteiger partial charge in [-0.2, -0.15) is 0 Å². The van der Waals surface area contributed by atoms with Gasteiger partial charge in [0.1, 0.15) is 5.76 Å². The zero-order valence-electron chi connectivity index (χ0n) is 17.3. The number of carbonyl (C=O) groups is 2. The molecule has 0 aliphatic rings. The third-order valence-corrected chi connectivity index (χ3v) is 4.15. The van der Waals surface area contributed by atoms with Gasteiger partial charge in [0.25, 0.3) is 0 Å². The smallest absolute Gasteiger partial charge is 0.244 e. The van der Waals surface area contributed by atoms with Gasteiger partial charge in [-0.1, -0.05) is 6.07 Å². The summed E-state index contributed by atoms with van der Waals surface area (Å²) in [5.74, 6) is 1.56. The summed E-state index contributed by atoms with van der Waals surface area (Å²) < 4.78 is 16.2. The van der Waals surface area contributed by atoms with Gasteiger partial charge in [0.2, 0.25) is 17.7 Å². The number of hydrogen-bond donors (Lipinski definition) is 2. The molecule has 2 amide bonds. The first-order valence-corrected chi connectivity index (χ1v) is 9.61. The molecule has 0 spiro atoms. The number of hydrogen-bond acceptors (Lipinski definition) is 6. The summed E-state index contributed by atoms with van der Waals surface area (Å²) >= 11 is 0. The highest BCUT2D eigenvalue weighted by Crippen LogP contribution is 2.31. The van der Waals surface area contributed by atoms with Gasteiger partial charge >= 0.3 is 0 Å². The summed E-state index contributed by atoms with van der Waals surface area (Å²) in [5.41, 5.74) is 1.58. The Kier molecular flexibility index (Phi) is 7.42. The van der Waals surface area contributed by atoms with E-state index in [1.165, 1.54) is 18.5 Å². The first-order valence-electron chi connectivity index (χ1n) is 9.61. The Hall–Kier alpha value is -4.07. The van der Waals surface area contributed by atoms with Crippen LogP contribution < -0.4 is 20.1 Å². The van der Waals surface area contributed by atoms with Crippen LogP contribution in [-0.2, 0) is 9.59 Å². The van der Waals surface area contributed by atoms with E-state index < -0.39 is 0 Å². The number of benzene rings is 1. The molecule has 0 saturated heterocycles. The fourth-order valence-corrected chi connectivity index (χ4v) is 2.61. The predicted molar refractivity (Wildman–Crippen MR) is 116 cm³/mol. The van der Waals surface area contributed by atoms with Crippen molar-refractivity contribution in [3.8, 4) is 17.4 Å². The van der Waals surface area contributed by atoms with Crippen LogP contribution >= 0.6 is 0 Å². The van der Waals surface area contributed by atoms with E-state index in [1.54, 1.807) is 37.5 Å². The van der Waals surface area contributed by atoms with Gasteiger partial charge in [-0.15, -0.1) is 0 Å². The molecule has 8 nitrogen and oxygen atoms in total. The molecule has 0 fully saturated rings. The van der Waals surface area contributed by atoms with E-state index in [1.807, 2.05) is 25.1 Å². The summed E-state index contributed by atoms with van der Waals surface area (Å²) in [5, 5.41) is 5.36. The van der Waals surface area contributed by atoms with Crippen molar-refractivity contribution in [1.29, 1.82) is 0 Å². The third kappa shape index (κ3) is 6.74. The highest BCUT2D eigenvalue weighted by molar-refractivity contribution is 5.93. The molecule has 1 aromatic carbocycles. The van der Waals surface area contributed by atoms with E-state index in [9.17, 15) is 9.59 Å². The van der Waals surface area contributed by atoms with Crippen LogP contribution in [0.3, 0.4) is 0 Å². The minimum absolute atomic E-state index is 0.124. The molecular weight excluding hydrogens is 398 g/mol. The van der Waals surface area contributed by atoms with E-state index in [0.717, 1.165) is 5.56 Å². The molecular formula is C23H23N3O5. The number of nitrogens with one attached hydrogen (secondary N) is 2. The molecule has 2 aromatic heterocycles. The summed E-state index contributed by atoms with van der Waals surface area (Å²) in [6.45, 7) is 2.17. The largest absolute Gasteiger partial charge is 0.493 e. The highest BCUT2D eigenvalue weighted by atomic mass is 16.5. The quantitative estimate of drug-likeness (QED) is 0.507. The molecule has 0 unspecified atom stereocenters. The van der Waals surface area contributed by atoms with Crippen molar-refractivity contribution >= 4 is 23.6 Å². The van der Waals surface area contributed by atoms with Crippen LogP contribution in [-0.4, -0.2) is 30.5 Å². The number of pyridine rings is 1. The maximum atomic E-state index is 12.1. The first kappa shape index (κ1) is 21.6. The number of furan rings is 1. The van der Waals surface area contributed by atoms with Gasteiger partial charge in [-0.25, -0.2) is 4.98 Å². The molecule has 0 saturated carbocycles. The zero-order valence-corrected chi connectivity index (χ0v) is 17.3. The molecule has 0 aliphatic carbocycles. The van der Waals surface area contributed by atoms with E-state index in [0.29, 0.717) is 28.8 Å². The zero-order chi connectivity index (χ0) is 22.1. The highest BCUT2D eigenvalue weighted by Gasteiger charge is 2.08. The van der Waals surface area contributed by atoms with Crippen molar-refractivity contribution in [2.24, 2.45) is 0 Å². The lowest BCUT2D eigenvalue weighted by Gasteiger charge is -2.11. The number of amides is 2. The molecule has 0 radical (unpaired) electrons. The normalized spacial score (nSPS) is 10.6. The third-order valence-electron chi connectivity index (χ3n) is 4.15. The fourth-order valence-electron chi connectivity index (χ4n) is 2.61. The number of aromatic nitrogens is 1. The number of anilines is 1. The van der Waals surface area contributed by atoms with Crippen LogP contribution in [0.15, 0.2) is 65.4 Å². The maximum Gasteiger partial charge on any atom is 0.244 e. The second-order valence-electron chi connectivity index (χ2n) is 6.58. The first-order chi connectivity index (χ1) is 15.0. The second kappa shape index (κ2) is 10.6. The minimum Gasteiger partial charge on any atom is -0.493 e. The second-order valence-corrected chi connectivity index (χ2v) is 6.58. The van der Waals surface area contributed by atoms with Gasteiger partial charge < -0.3 is 24.5 Å². The average Bonchev–Trinajstić information content (AvgIpc) is 3.28. The minimum atomic E-state index is -0.307. The number of nitrogens with zero attached hydrogens (tertiary/aromatic N) is 1. The Morgan fingerprint density at radius 2 is 2.03 bits per heavy atom. The van der Waals surface area contributed by atoms with Crippen molar-refractivity contribution in [2.45, 2.75) is 13.3 Å². The van der Waals surface area contributed by atoms with Crippen molar-refractivity contribution in [3.63, 3.8) is 0 Å². The Morgan fingerprint density at radius 1 is 1.16 bits per heavy atom. The van der Waals surface area contributed by atoms with Crippen LogP contribution in [0.2, 0.25) is 0 Å². The molecule has 3 rings (SSSR count). The summed E-state index contributed by atoms with van der Waals surface area (Å²) in [6.07, 6.45) is 6.05. The number of carbonyl (C=O) groups excluding carboxylic acids is 2. The van der Waals surface area contributed by atoms with Crippen molar-refractivity contribution in [3.05, 3.63) is 72.3 Å². The Balaban J connectivity index is 1.44. The fraction of sp³-hybridized carbons (Fsp3) is 0.174. The molecule has 2 heterocycles. The summed E-state index contributed by atoms with van der Waals surface area (Å²) in [6, 6.07) is 12.4. The number of methoxy groups -OCH3 is 1. The molecule has 3 aromatic rings. The van der Waals surface area contributed by atoms with Crippen molar-refractivity contribution in [1.82, 2.24) is 10.3 Å². The molecule has 8 heteroatoms. The molecule has 31 heavy (non-hydrogen) atoms. The topological polar surface area (TPSA) is 103 Å². The van der Waals surface area contributed by atoms with Crippen LogP contribution in [0.1, 0.15) is 17.7 Å². The lowest BCUT2D eigenvalue weighted by Crippen LogP contribution is -2.26. The van der Waals surface area contributed by atoms with Crippen molar-refractivity contribution in [2.75, 3.05) is 19.0 Å². The molecule has 2 N–H and O–H groups in total. The van der Waals surface area contributed by atoms with Gasteiger partial charge in [0, 0.05) is 25.1 Å². The van der Waals surface area contributed by atoms with Gasteiger partial charge in [0.05, 0.1) is 25.3 Å². The van der Waals surface area contributed by atoms with Crippen LogP contribution in [0.25, 0.3) is 6.08 Å². The van der Waals surface area contributed by atoms with Crippen LogP contribution in [0, 0.1) is 6.92 Å². The SMILES string of the molecule is COc1cc(C)ccc1Oc1ccc(NC(=O)CCNC(=O)/C=C/c2ccco2)cn1. The Bertz CT molecular complexity index is 1040. The average molecular weight is 421 g/mol. The lowest BCUT2D eigenvalue weighted by atomic mass is 10.2. The van der Waals surface area contributed by atoms with Crippen LogP contribution in [0.4, 0.5) is 5.69 Å². The maximum absolute atomic E-state index is 12.1. The number of aryl methyl sites for hydroxylation is 1. The number of ether oxygens (including phenoxy) is 2.